The van der Waals surface area contributed by atoms with Crippen molar-refractivity contribution in [1.29, 1.82) is 0 Å². The molecule has 0 saturated carbocycles. The summed E-state index contributed by atoms with van der Waals surface area (Å²) in [6.45, 7) is 1.97. The lowest BCUT2D eigenvalue weighted by Gasteiger charge is -2.10. The maximum absolute atomic E-state index is 4.19. The number of aromatic nitrogens is 1. The highest BCUT2D eigenvalue weighted by atomic mass is 15.3. The van der Waals surface area contributed by atoms with Crippen molar-refractivity contribution in [3.05, 3.63) is 23.5 Å². The van der Waals surface area contributed by atoms with Gasteiger partial charge < -0.3 is 0 Å². The zero-order valence-electron chi connectivity index (χ0n) is 6.33. The van der Waals surface area contributed by atoms with Crippen LogP contribution >= 0.6 is 0 Å². The molecule has 1 N–H and O–H groups in total. The molecule has 0 amide bonds. The third-order valence-corrected chi connectivity index (χ3v) is 1.71. The summed E-state index contributed by atoms with van der Waals surface area (Å²) in [4.78, 5) is 4.19. The van der Waals surface area contributed by atoms with Gasteiger partial charge in [-0.1, -0.05) is 0 Å². The Labute approximate surface area is 65.2 Å². The molecule has 3 nitrogen and oxygen atoms in total. The van der Waals surface area contributed by atoms with Crippen molar-refractivity contribution in [2.45, 2.75) is 13.3 Å². The van der Waals surface area contributed by atoms with Crippen LogP contribution in [-0.2, 0) is 6.42 Å². The molecule has 1 aliphatic rings. The van der Waals surface area contributed by atoms with E-state index in [1.165, 1.54) is 5.56 Å². The van der Waals surface area contributed by atoms with Crippen LogP contribution in [0.2, 0.25) is 0 Å². The minimum atomic E-state index is 0.885. The topological polar surface area (TPSA) is 37.3 Å². The van der Waals surface area contributed by atoms with E-state index in [-0.39, 0.29) is 0 Å². The molecule has 56 valence electrons. The van der Waals surface area contributed by atoms with Gasteiger partial charge in [0.25, 0.3) is 0 Å². The Morgan fingerprint density at radius 2 is 2.45 bits per heavy atom. The lowest BCUT2D eigenvalue weighted by Crippen LogP contribution is -2.04. The minimum Gasteiger partial charge on any atom is -0.278 e. The normalized spacial score (nSPS) is 13.9. The van der Waals surface area contributed by atoms with Gasteiger partial charge >= 0.3 is 0 Å². The Bertz CT molecular complexity index is 304. The van der Waals surface area contributed by atoms with E-state index in [4.69, 9.17) is 0 Å². The summed E-state index contributed by atoms with van der Waals surface area (Å²) >= 11 is 0. The predicted molar refractivity (Wildman–Crippen MR) is 44.8 cm³/mol. The molecule has 0 aliphatic carbocycles. The number of aryl methyl sites for hydroxylation is 1. The second-order valence-corrected chi connectivity index (χ2v) is 2.61. The molecule has 0 atom stereocenters. The first-order valence-electron chi connectivity index (χ1n) is 3.59. The van der Waals surface area contributed by atoms with Crippen LogP contribution in [0.25, 0.3) is 0 Å². The molecule has 0 radical (unpaired) electrons. The standard InChI is InChI=1S/C8H9N3/c1-6-4-8-7(5-9-6)2-3-10-11-8/h3-5,11H,2H2,1H3. The van der Waals surface area contributed by atoms with Gasteiger partial charge in [0.05, 0.1) is 5.69 Å². The summed E-state index contributed by atoms with van der Waals surface area (Å²) in [5.41, 5.74) is 6.25. The molecule has 0 aromatic carbocycles. The molecule has 0 bridgehead atoms. The molecular weight excluding hydrogens is 138 g/mol. The maximum Gasteiger partial charge on any atom is 0.0630 e. The SMILES string of the molecule is Cc1cc2c(cn1)CC=NN2. The van der Waals surface area contributed by atoms with E-state index >= 15 is 0 Å². The number of fused-ring (bicyclic) bond motifs is 1. The molecule has 3 heteroatoms. The van der Waals surface area contributed by atoms with Crippen molar-refractivity contribution in [2.75, 3.05) is 5.43 Å². The van der Waals surface area contributed by atoms with E-state index < -0.39 is 0 Å². The number of hydrazone groups is 1. The van der Waals surface area contributed by atoms with Gasteiger partial charge in [0.2, 0.25) is 0 Å². The number of hydrogen-bond acceptors (Lipinski definition) is 3. The number of hydrogen-bond donors (Lipinski definition) is 1. The fraction of sp³-hybridized carbons (Fsp3) is 0.250. The molecule has 0 spiro atoms. The van der Waals surface area contributed by atoms with Crippen molar-refractivity contribution in [2.24, 2.45) is 5.10 Å². The number of rotatable bonds is 0. The predicted octanol–water partition coefficient (Wildman–Crippen LogP) is 1.34. The second-order valence-electron chi connectivity index (χ2n) is 2.61. The number of nitrogens with zero attached hydrogens (tertiary/aromatic N) is 2. The van der Waals surface area contributed by atoms with Gasteiger partial charge in [-0.25, -0.2) is 0 Å². The molecule has 2 rings (SSSR count). The average Bonchev–Trinajstić information content (AvgIpc) is 2.04. The molecule has 1 aromatic rings. The molecule has 0 fully saturated rings. The van der Waals surface area contributed by atoms with Crippen molar-refractivity contribution in [3.63, 3.8) is 0 Å². The monoisotopic (exact) mass is 147 g/mol. The summed E-state index contributed by atoms with van der Waals surface area (Å²) in [6, 6.07) is 2.01. The Kier molecular flexibility index (Phi) is 1.35. The van der Waals surface area contributed by atoms with Crippen LogP contribution in [0.1, 0.15) is 11.3 Å². The highest BCUT2D eigenvalue weighted by Gasteiger charge is 2.04. The molecule has 11 heavy (non-hydrogen) atoms. The highest BCUT2D eigenvalue weighted by molar-refractivity contribution is 5.71. The van der Waals surface area contributed by atoms with Crippen molar-refractivity contribution in [1.82, 2.24) is 4.98 Å². The van der Waals surface area contributed by atoms with E-state index in [0.29, 0.717) is 0 Å². The van der Waals surface area contributed by atoms with Crippen LogP contribution in [-0.4, -0.2) is 11.2 Å². The van der Waals surface area contributed by atoms with Crippen LogP contribution in [0.3, 0.4) is 0 Å². The Balaban J connectivity index is 2.48. The van der Waals surface area contributed by atoms with Crippen LogP contribution in [0.15, 0.2) is 17.4 Å². The van der Waals surface area contributed by atoms with E-state index in [1.54, 1.807) is 0 Å². The Morgan fingerprint density at radius 3 is 3.36 bits per heavy atom. The first-order chi connectivity index (χ1) is 5.36. The highest BCUT2D eigenvalue weighted by Crippen LogP contribution is 2.17. The van der Waals surface area contributed by atoms with Crippen LogP contribution in [0.5, 0.6) is 0 Å². The Hall–Kier alpha value is -1.38. The molecule has 1 aliphatic heterocycles. The summed E-state index contributed by atoms with van der Waals surface area (Å²) in [6.07, 6.45) is 4.62. The van der Waals surface area contributed by atoms with Gasteiger partial charge in [0.1, 0.15) is 0 Å². The lowest BCUT2D eigenvalue weighted by atomic mass is 10.1. The summed E-state index contributed by atoms with van der Waals surface area (Å²) < 4.78 is 0. The first-order valence-corrected chi connectivity index (χ1v) is 3.59. The van der Waals surface area contributed by atoms with E-state index in [9.17, 15) is 0 Å². The minimum absolute atomic E-state index is 0.885. The summed E-state index contributed by atoms with van der Waals surface area (Å²) in [5, 5.41) is 3.96. The Morgan fingerprint density at radius 1 is 1.55 bits per heavy atom. The zero-order valence-corrected chi connectivity index (χ0v) is 6.33. The number of anilines is 1. The second kappa shape index (κ2) is 2.34. The van der Waals surface area contributed by atoms with Crippen molar-refractivity contribution in [3.8, 4) is 0 Å². The van der Waals surface area contributed by atoms with Gasteiger partial charge in [0, 0.05) is 30.1 Å². The number of nitrogens with one attached hydrogen (secondary N) is 1. The van der Waals surface area contributed by atoms with Crippen molar-refractivity contribution >= 4 is 11.9 Å². The van der Waals surface area contributed by atoms with Crippen LogP contribution < -0.4 is 5.43 Å². The molecule has 0 unspecified atom stereocenters. The smallest absolute Gasteiger partial charge is 0.0630 e. The maximum atomic E-state index is 4.19. The van der Waals surface area contributed by atoms with E-state index in [2.05, 4.69) is 15.5 Å². The van der Waals surface area contributed by atoms with Crippen LogP contribution in [0.4, 0.5) is 5.69 Å². The zero-order chi connectivity index (χ0) is 7.68. The summed E-state index contributed by atoms with van der Waals surface area (Å²) in [5.74, 6) is 0. The fourth-order valence-corrected chi connectivity index (χ4v) is 1.11. The van der Waals surface area contributed by atoms with E-state index in [1.807, 2.05) is 25.4 Å². The third-order valence-electron chi connectivity index (χ3n) is 1.71. The molecular formula is C8H9N3. The molecule has 1 aromatic heterocycles. The van der Waals surface area contributed by atoms with Gasteiger partial charge in [-0.2, -0.15) is 5.10 Å². The van der Waals surface area contributed by atoms with Gasteiger partial charge in [-0.05, 0) is 13.0 Å². The number of pyridine rings is 1. The van der Waals surface area contributed by atoms with E-state index in [0.717, 1.165) is 17.8 Å². The molecule has 0 saturated heterocycles. The lowest BCUT2D eigenvalue weighted by molar-refractivity contribution is 1.12. The summed E-state index contributed by atoms with van der Waals surface area (Å²) in [7, 11) is 0. The first kappa shape index (κ1) is 6.34. The fourth-order valence-electron chi connectivity index (χ4n) is 1.11. The quantitative estimate of drug-likeness (QED) is 0.601. The largest absolute Gasteiger partial charge is 0.278 e. The van der Waals surface area contributed by atoms with Crippen LogP contribution in [0, 0.1) is 6.92 Å². The molecule has 2 heterocycles. The van der Waals surface area contributed by atoms with Gasteiger partial charge in [0.15, 0.2) is 0 Å². The average molecular weight is 147 g/mol. The van der Waals surface area contributed by atoms with Gasteiger partial charge in [-0.15, -0.1) is 0 Å². The van der Waals surface area contributed by atoms with Crippen molar-refractivity contribution < 1.29 is 0 Å². The third kappa shape index (κ3) is 1.09. The van der Waals surface area contributed by atoms with Gasteiger partial charge in [-0.3, -0.25) is 10.4 Å².